The molecule has 0 aliphatic carbocycles. The zero-order valence-electron chi connectivity index (χ0n) is 14.7. The third-order valence-electron chi connectivity index (χ3n) is 2.48. The number of nitrogens with one attached hydrogen (secondary N) is 2. The Morgan fingerprint density at radius 3 is 2.29 bits per heavy atom. The number of hydrogen-bond donors (Lipinski definition) is 3. The maximum absolute atomic E-state index is 11.0. The van der Waals surface area contributed by atoms with Gasteiger partial charge in [-0.25, -0.2) is 0 Å². The van der Waals surface area contributed by atoms with Crippen LogP contribution in [-0.2, 0) is 42.4 Å². The molecular weight excluding hydrogens is 355 g/mol. The van der Waals surface area contributed by atoms with E-state index >= 15 is 0 Å². The van der Waals surface area contributed by atoms with E-state index in [0.29, 0.717) is 26.0 Å². The molecule has 0 atom stereocenters. The Labute approximate surface area is 155 Å². The number of aliphatic hydroxyl groups excluding tert-OH is 1. The number of aliphatic hydroxyl groups is 1. The Bertz CT molecular complexity index is 316. The minimum absolute atomic E-state index is 0. The number of ketones is 1. The normalized spacial score (nSPS) is 9.54. The molecule has 0 aromatic heterocycles. The van der Waals surface area contributed by atoms with Crippen LogP contribution in [0.1, 0.15) is 20.3 Å². The molecule has 24 heavy (non-hydrogen) atoms. The first-order valence-electron chi connectivity index (χ1n) is 7.63. The van der Waals surface area contributed by atoms with E-state index < -0.39 is 0 Å². The summed E-state index contributed by atoms with van der Waals surface area (Å²) in [6, 6.07) is 0. The second-order valence-corrected chi connectivity index (χ2v) is 4.84. The Hall–Kier alpha value is -0.766. The molecule has 3 N–H and O–H groups in total. The molecule has 0 fully saturated rings. The van der Waals surface area contributed by atoms with Crippen molar-refractivity contribution in [1.29, 1.82) is 0 Å². The molecule has 0 saturated heterocycles. The summed E-state index contributed by atoms with van der Waals surface area (Å²) in [5.41, 5.74) is 0. The maximum atomic E-state index is 11.0. The van der Waals surface area contributed by atoms with Crippen molar-refractivity contribution in [2.75, 3.05) is 53.2 Å². The smallest absolute Gasteiger partial charge is 0.222 e. The molecule has 8 nitrogen and oxygen atoms in total. The van der Waals surface area contributed by atoms with Gasteiger partial charge in [0.2, 0.25) is 5.91 Å². The van der Waals surface area contributed by atoms with E-state index in [9.17, 15) is 14.4 Å². The fraction of sp³-hybridized carbons (Fsp3) is 0.800. The number of Topliss-reactive ketones (excluding diaryl/α,β-unsaturated/α-hetero) is 1. The zero-order chi connectivity index (χ0) is 17.9. The molecule has 0 unspecified atom stereocenters. The standard InChI is InChI=1S/C8H17NO2.C7H13NO4.V/c1-7(2)8(10)6-11-5-4-9-3;9-3-1-7(11)8-2-5-12-6-4-10;/h7,9H,4-6H2,1-3H3;4,9H,1-3,5-6H2,(H,8,11);. The number of amides is 1. The summed E-state index contributed by atoms with van der Waals surface area (Å²) in [6.45, 7) is 5.99. The van der Waals surface area contributed by atoms with Gasteiger partial charge in [0.15, 0.2) is 5.78 Å². The van der Waals surface area contributed by atoms with Gasteiger partial charge in [-0.3, -0.25) is 9.59 Å². The van der Waals surface area contributed by atoms with Crippen LogP contribution in [0.4, 0.5) is 0 Å². The largest absolute Gasteiger partial charge is 0.396 e. The van der Waals surface area contributed by atoms with Crippen LogP contribution in [0.5, 0.6) is 0 Å². The third-order valence-corrected chi connectivity index (χ3v) is 2.48. The fourth-order valence-electron chi connectivity index (χ4n) is 1.10. The molecular formula is C15H30N2O6V. The van der Waals surface area contributed by atoms with Crippen LogP contribution in [0.25, 0.3) is 0 Å². The molecule has 1 radical (unpaired) electrons. The second-order valence-electron chi connectivity index (χ2n) is 4.84. The van der Waals surface area contributed by atoms with Crippen molar-refractivity contribution in [2.45, 2.75) is 20.3 Å². The van der Waals surface area contributed by atoms with E-state index in [1.807, 2.05) is 20.9 Å². The molecule has 0 aromatic carbocycles. The van der Waals surface area contributed by atoms with E-state index in [1.165, 1.54) is 0 Å². The molecule has 141 valence electrons. The summed E-state index contributed by atoms with van der Waals surface area (Å²) in [7, 11) is 1.85. The predicted octanol–water partition coefficient (Wildman–Crippen LogP) is -0.854. The maximum Gasteiger partial charge on any atom is 0.222 e. The van der Waals surface area contributed by atoms with Crippen molar-refractivity contribution < 1.29 is 47.5 Å². The quantitative estimate of drug-likeness (QED) is 0.279. The summed E-state index contributed by atoms with van der Waals surface area (Å²) < 4.78 is 9.85. The summed E-state index contributed by atoms with van der Waals surface area (Å²) in [5, 5.41) is 13.8. The van der Waals surface area contributed by atoms with E-state index in [4.69, 9.17) is 14.6 Å². The molecule has 9 heteroatoms. The average Bonchev–Trinajstić information content (AvgIpc) is 2.52. The van der Waals surface area contributed by atoms with Crippen LogP contribution >= 0.6 is 0 Å². The first-order valence-corrected chi connectivity index (χ1v) is 7.63. The third kappa shape index (κ3) is 23.5. The minimum Gasteiger partial charge on any atom is -0.396 e. The molecule has 0 aromatic rings. The van der Waals surface area contributed by atoms with Gasteiger partial charge in [-0.2, -0.15) is 0 Å². The Kier molecular flexibility index (Phi) is 26.0. The van der Waals surface area contributed by atoms with Crippen LogP contribution in [-0.4, -0.2) is 76.3 Å². The Morgan fingerprint density at radius 1 is 1.17 bits per heavy atom. The van der Waals surface area contributed by atoms with Crippen LogP contribution < -0.4 is 10.6 Å². The van der Waals surface area contributed by atoms with Gasteiger partial charge in [0.25, 0.3) is 0 Å². The van der Waals surface area contributed by atoms with E-state index in [2.05, 4.69) is 10.6 Å². The minimum atomic E-state index is -0.216. The Balaban J connectivity index is -0.000000354. The monoisotopic (exact) mass is 385 g/mol. The van der Waals surface area contributed by atoms with Crippen molar-refractivity contribution in [2.24, 2.45) is 5.92 Å². The molecule has 0 heterocycles. The van der Waals surface area contributed by atoms with Gasteiger partial charge < -0.3 is 30.0 Å². The topological polar surface area (TPSA) is 114 Å². The SMILES string of the molecule is CNCCOCC(=O)C(C)C.O=CCOCCNC(=O)CCO.[V]. The van der Waals surface area contributed by atoms with E-state index in [1.54, 1.807) is 0 Å². The number of aldehydes is 1. The van der Waals surface area contributed by atoms with Crippen LogP contribution in [0.15, 0.2) is 0 Å². The summed E-state index contributed by atoms with van der Waals surface area (Å²) >= 11 is 0. The molecule has 0 bridgehead atoms. The number of rotatable bonds is 13. The van der Waals surface area contributed by atoms with Gasteiger partial charge in [-0.05, 0) is 7.05 Å². The average molecular weight is 385 g/mol. The van der Waals surface area contributed by atoms with E-state index in [0.717, 1.165) is 6.54 Å². The first-order chi connectivity index (χ1) is 11.0. The first kappa shape index (κ1) is 28.1. The summed E-state index contributed by atoms with van der Waals surface area (Å²) in [4.78, 5) is 31.4. The van der Waals surface area contributed by atoms with Gasteiger partial charge in [0.05, 0.1) is 19.8 Å². The molecule has 0 saturated carbocycles. The van der Waals surface area contributed by atoms with Crippen molar-refractivity contribution in [3.05, 3.63) is 0 Å². The molecule has 0 spiro atoms. The molecule has 0 aliphatic rings. The van der Waals surface area contributed by atoms with Crippen LogP contribution in [0.3, 0.4) is 0 Å². The van der Waals surface area contributed by atoms with Gasteiger partial charge in [0, 0.05) is 44.0 Å². The number of hydrogen-bond acceptors (Lipinski definition) is 7. The van der Waals surface area contributed by atoms with Crippen molar-refractivity contribution in [3.63, 3.8) is 0 Å². The van der Waals surface area contributed by atoms with Crippen molar-refractivity contribution >= 4 is 18.0 Å². The number of ether oxygens (including phenoxy) is 2. The van der Waals surface area contributed by atoms with Crippen LogP contribution in [0.2, 0.25) is 0 Å². The Morgan fingerprint density at radius 2 is 1.79 bits per heavy atom. The second kappa shape index (κ2) is 22.2. The van der Waals surface area contributed by atoms with Crippen molar-refractivity contribution in [3.8, 4) is 0 Å². The molecule has 0 aliphatic heterocycles. The molecule has 1 amide bonds. The number of carbonyl (C=O) groups is 3. The van der Waals surface area contributed by atoms with Gasteiger partial charge in [0.1, 0.15) is 19.5 Å². The summed E-state index contributed by atoms with van der Waals surface area (Å²) in [5.74, 6) is 0.0397. The van der Waals surface area contributed by atoms with Gasteiger partial charge >= 0.3 is 0 Å². The summed E-state index contributed by atoms with van der Waals surface area (Å²) in [6.07, 6.45) is 0.753. The molecule has 0 rings (SSSR count). The predicted molar refractivity (Wildman–Crippen MR) is 86.2 cm³/mol. The van der Waals surface area contributed by atoms with E-state index in [-0.39, 0.29) is 62.4 Å². The van der Waals surface area contributed by atoms with Crippen molar-refractivity contribution in [1.82, 2.24) is 10.6 Å². The number of likely N-dealkylation sites (N-methyl/N-ethyl adjacent to an activating group) is 1. The zero-order valence-corrected chi connectivity index (χ0v) is 16.1. The van der Waals surface area contributed by atoms with Crippen LogP contribution in [0, 0.1) is 5.92 Å². The van der Waals surface area contributed by atoms with Gasteiger partial charge in [-0.15, -0.1) is 0 Å². The number of carbonyl (C=O) groups excluding carboxylic acids is 3. The van der Waals surface area contributed by atoms with Gasteiger partial charge in [-0.1, -0.05) is 13.8 Å². The fourth-order valence-corrected chi connectivity index (χ4v) is 1.10.